The van der Waals surface area contributed by atoms with Gasteiger partial charge in [0.2, 0.25) is 0 Å². The van der Waals surface area contributed by atoms with Gasteiger partial charge in [-0.3, -0.25) is 4.90 Å². The Morgan fingerprint density at radius 3 is 3.00 bits per heavy atom. The first kappa shape index (κ1) is 20.7. The number of nitrogens with one attached hydrogen (secondary N) is 2. The standard InChI is InChI=1S/C21H27F2N5O2/c1-2-27-7-8-30-16(12-27)10-24-21(29)25-15-4-6-20-26-19(13-28(20)11-15)17-5-3-14(22)9-18(17)23/h3,5,9,13,15-16H,2,4,6-8,10-12H2,1H3,(H2,24,25,29). The summed E-state index contributed by atoms with van der Waals surface area (Å²) in [7, 11) is 0. The van der Waals surface area contributed by atoms with Crippen molar-refractivity contribution < 1.29 is 18.3 Å². The Hall–Kier alpha value is -2.52. The fourth-order valence-corrected chi connectivity index (χ4v) is 4.02. The van der Waals surface area contributed by atoms with Crippen LogP contribution in [0.4, 0.5) is 13.6 Å². The van der Waals surface area contributed by atoms with E-state index in [-0.39, 0.29) is 23.7 Å². The Labute approximate surface area is 174 Å². The third-order valence-electron chi connectivity index (χ3n) is 5.70. The fourth-order valence-electron chi connectivity index (χ4n) is 4.02. The van der Waals surface area contributed by atoms with Crippen molar-refractivity contribution in [3.05, 3.63) is 41.9 Å². The Balaban J connectivity index is 1.31. The molecule has 0 saturated carbocycles. The van der Waals surface area contributed by atoms with Crippen molar-refractivity contribution in [2.45, 2.75) is 38.5 Å². The minimum atomic E-state index is -0.633. The van der Waals surface area contributed by atoms with Gasteiger partial charge in [0.25, 0.3) is 0 Å². The molecule has 1 fully saturated rings. The number of rotatable bonds is 5. The zero-order valence-corrected chi connectivity index (χ0v) is 17.0. The number of carbonyl (C=O) groups is 1. The maximum Gasteiger partial charge on any atom is 0.315 e. The average molecular weight is 419 g/mol. The van der Waals surface area contributed by atoms with Crippen LogP contribution < -0.4 is 10.6 Å². The Morgan fingerprint density at radius 2 is 2.20 bits per heavy atom. The number of imidazole rings is 1. The normalized spacial score (nSPS) is 21.8. The highest BCUT2D eigenvalue weighted by molar-refractivity contribution is 5.74. The van der Waals surface area contributed by atoms with Crippen LogP contribution in [0.1, 0.15) is 19.2 Å². The summed E-state index contributed by atoms with van der Waals surface area (Å²) in [5.74, 6) is -0.412. The summed E-state index contributed by atoms with van der Waals surface area (Å²) in [6.45, 7) is 6.56. The minimum absolute atomic E-state index is 0.00391. The van der Waals surface area contributed by atoms with E-state index in [2.05, 4.69) is 27.4 Å². The van der Waals surface area contributed by atoms with Gasteiger partial charge in [0.05, 0.1) is 18.4 Å². The maximum absolute atomic E-state index is 14.1. The molecule has 2 aliphatic heterocycles. The molecule has 2 aliphatic rings. The van der Waals surface area contributed by atoms with E-state index in [9.17, 15) is 13.6 Å². The largest absolute Gasteiger partial charge is 0.374 e. The molecule has 9 heteroatoms. The third-order valence-corrected chi connectivity index (χ3v) is 5.70. The third kappa shape index (κ3) is 4.79. The number of carbonyl (C=O) groups excluding carboxylic acids is 1. The fraction of sp³-hybridized carbons (Fsp3) is 0.524. The molecule has 162 valence electrons. The highest BCUT2D eigenvalue weighted by Gasteiger charge is 2.24. The molecule has 1 saturated heterocycles. The predicted molar refractivity (Wildman–Crippen MR) is 108 cm³/mol. The van der Waals surface area contributed by atoms with Gasteiger partial charge in [-0.25, -0.2) is 18.6 Å². The summed E-state index contributed by atoms with van der Waals surface area (Å²) < 4.78 is 34.9. The van der Waals surface area contributed by atoms with E-state index in [1.54, 1.807) is 6.20 Å². The first-order valence-corrected chi connectivity index (χ1v) is 10.4. The highest BCUT2D eigenvalue weighted by atomic mass is 19.1. The Morgan fingerprint density at radius 1 is 1.33 bits per heavy atom. The van der Waals surface area contributed by atoms with E-state index in [1.165, 1.54) is 12.1 Å². The number of urea groups is 1. The molecule has 7 nitrogen and oxygen atoms in total. The molecule has 2 unspecified atom stereocenters. The molecular formula is C21H27F2N5O2. The maximum atomic E-state index is 14.1. The summed E-state index contributed by atoms with van der Waals surface area (Å²) in [4.78, 5) is 19.1. The Kier molecular flexibility index (Phi) is 6.29. The van der Waals surface area contributed by atoms with E-state index >= 15 is 0 Å². The highest BCUT2D eigenvalue weighted by Crippen LogP contribution is 2.25. The van der Waals surface area contributed by atoms with E-state index in [1.807, 2.05) is 4.57 Å². The second-order valence-corrected chi connectivity index (χ2v) is 7.79. The first-order chi connectivity index (χ1) is 14.5. The summed E-state index contributed by atoms with van der Waals surface area (Å²) >= 11 is 0. The lowest BCUT2D eigenvalue weighted by molar-refractivity contribution is -0.0240. The van der Waals surface area contributed by atoms with Gasteiger partial charge in [-0.1, -0.05) is 6.92 Å². The number of amides is 2. The van der Waals surface area contributed by atoms with Crippen molar-refractivity contribution >= 4 is 6.03 Å². The molecule has 2 atom stereocenters. The molecule has 3 heterocycles. The van der Waals surface area contributed by atoms with Gasteiger partial charge in [0.1, 0.15) is 17.5 Å². The van der Waals surface area contributed by atoms with Crippen LogP contribution in [0.3, 0.4) is 0 Å². The van der Waals surface area contributed by atoms with E-state index < -0.39 is 11.6 Å². The molecule has 0 bridgehead atoms. The number of halogens is 2. The van der Waals surface area contributed by atoms with Crippen molar-refractivity contribution in [1.82, 2.24) is 25.1 Å². The van der Waals surface area contributed by atoms with E-state index in [0.717, 1.165) is 37.9 Å². The number of hydrogen-bond acceptors (Lipinski definition) is 4. The second-order valence-electron chi connectivity index (χ2n) is 7.79. The van der Waals surface area contributed by atoms with Gasteiger partial charge >= 0.3 is 6.03 Å². The molecule has 1 aromatic carbocycles. The van der Waals surface area contributed by atoms with Crippen molar-refractivity contribution in [3.63, 3.8) is 0 Å². The van der Waals surface area contributed by atoms with Crippen LogP contribution in [-0.2, 0) is 17.7 Å². The molecule has 0 radical (unpaired) electrons. The lowest BCUT2D eigenvalue weighted by Gasteiger charge is -2.32. The van der Waals surface area contributed by atoms with Gasteiger partial charge in [0.15, 0.2) is 0 Å². The quantitative estimate of drug-likeness (QED) is 0.779. The van der Waals surface area contributed by atoms with Crippen LogP contribution in [-0.4, -0.2) is 65.4 Å². The first-order valence-electron chi connectivity index (χ1n) is 10.4. The molecular weight excluding hydrogens is 392 g/mol. The van der Waals surface area contributed by atoms with Gasteiger partial charge < -0.3 is 19.9 Å². The number of hydrogen-bond donors (Lipinski definition) is 2. The molecule has 2 amide bonds. The van der Waals surface area contributed by atoms with Crippen LogP contribution in [0.5, 0.6) is 0 Å². The lowest BCUT2D eigenvalue weighted by atomic mass is 10.1. The van der Waals surface area contributed by atoms with Crippen molar-refractivity contribution in [3.8, 4) is 11.3 Å². The van der Waals surface area contributed by atoms with Crippen molar-refractivity contribution in [1.29, 1.82) is 0 Å². The zero-order valence-electron chi connectivity index (χ0n) is 17.0. The molecule has 0 aliphatic carbocycles. The SMILES string of the molecule is CCN1CCOC(CNC(=O)NC2CCc3nc(-c4ccc(F)cc4F)cn3C2)C1. The van der Waals surface area contributed by atoms with Crippen LogP contribution in [0.15, 0.2) is 24.4 Å². The number of likely N-dealkylation sites (N-methyl/N-ethyl adjacent to an activating group) is 1. The van der Waals surface area contributed by atoms with Gasteiger partial charge in [0, 0.05) is 56.5 Å². The van der Waals surface area contributed by atoms with Crippen LogP contribution >= 0.6 is 0 Å². The second kappa shape index (κ2) is 9.09. The van der Waals surface area contributed by atoms with Gasteiger partial charge in [-0.05, 0) is 25.1 Å². The monoisotopic (exact) mass is 419 g/mol. The van der Waals surface area contributed by atoms with Crippen LogP contribution in [0.2, 0.25) is 0 Å². The van der Waals surface area contributed by atoms with Crippen LogP contribution in [0.25, 0.3) is 11.3 Å². The molecule has 0 spiro atoms. The van der Waals surface area contributed by atoms with E-state index in [4.69, 9.17) is 4.74 Å². The number of ether oxygens (including phenoxy) is 1. The summed E-state index contributed by atoms with van der Waals surface area (Å²) in [6, 6.07) is 3.22. The van der Waals surface area contributed by atoms with Crippen molar-refractivity contribution in [2.75, 3.05) is 32.8 Å². The minimum Gasteiger partial charge on any atom is -0.374 e. The number of aromatic nitrogens is 2. The molecule has 2 aromatic rings. The van der Waals surface area contributed by atoms with Gasteiger partial charge in [-0.15, -0.1) is 0 Å². The predicted octanol–water partition coefficient (Wildman–Crippen LogP) is 2.16. The number of aryl methyl sites for hydroxylation is 1. The number of fused-ring (bicyclic) bond motifs is 1. The van der Waals surface area contributed by atoms with E-state index in [0.29, 0.717) is 31.8 Å². The average Bonchev–Trinajstić information content (AvgIpc) is 3.15. The summed E-state index contributed by atoms with van der Waals surface area (Å²) in [6.07, 6.45) is 3.18. The summed E-state index contributed by atoms with van der Waals surface area (Å²) in [5.41, 5.74) is 0.747. The summed E-state index contributed by atoms with van der Waals surface area (Å²) in [5, 5.41) is 5.90. The molecule has 1 aromatic heterocycles. The van der Waals surface area contributed by atoms with Gasteiger partial charge in [-0.2, -0.15) is 0 Å². The lowest BCUT2D eigenvalue weighted by Crippen LogP contribution is -2.51. The molecule has 4 rings (SSSR count). The molecule has 30 heavy (non-hydrogen) atoms. The number of benzene rings is 1. The molecule has 2 N–H and O–H groups in total. The number of morpholine rings is 1. The topological polar surface area (TPSA) is 71.4 Å². The van der Waals surface area contributed by atoms with Crippen LogP contribution in [0, 0.1) is 11.6 Å². The smallest absolute Gasteiger partial charge is 0.315 e. The number of nitrogens with zero attached hydrogens (tertiary/aromatic N) is 3. The van der Waals surface area contributed by atoms with Crippen molar-refractivity contribution in [2.24, 2.45) is 0 Å². The Bertz CT molecular complexity index is 904. The zero-order chi connectivity index (χ0) is 21.1.